The lowest BCUT2D eigenvalue weighted by atomic mass is 10.0. The third-order valence-corrected chi connectivity index (χ3v) is 9.21. The number of hydrogen-bond acceptors (Lipinski definition) is 7. The third kappa shape index (κ3) is 10.7. The second-order valence-electron chi connectivity index (χ2n) is 11.8. The summed E-state index contributed by atoms with van der Waals surface area (Å²) in [5, 5.41) is 14.6. The normalized spacial score (nSPS) is 12.5. The molecule has 0 saturated carbocycles. The number of carbonyl (C=O) groups excluding carboxylic acids is 2. The average molecular weight is 667 g/mol. The van der Waals surface area contributed by atoms with Crippen molar-refractivity contribution in [3.8, 4) is 11.1 Å². The van der Waals surface area contributed by atoms with Gasteiger partial charge in [0, 0.05) is 51.0 Å². The van der Waals surface area contributed by atoms with Crippen molar-refractivity contribution in [2.75, 3.05) is 25.6 Å². The van der Waals surface area contributed by atoms with E-state index in [1.807, 2.05) is 17.7 Å². The van der Waals surface area contributed by atoms with Gasteiger partial charge in [0.1, 0.15) is 29.1 Å². The molecule has 0 saturated heterocycles. The van der Waals surface area contributed by atoms with Crippen LogP contribution in [0.1, 0.15) is 48.1 Å². The van der Waals surface area contributed by atoms with Crippen LogP contribution in [0.5, 0.6) is 0 Å². The molecular formula is C30H45Cl2N7O4Si. The largest absolute Gasteiger partial charge is 0.383 e. The van der Waals surface area contributed by atoms with Crippen molar-refractivity contribution in [1.29, 1.82) is 0 Å². The molecule has 0 bridgehead atoms. The van der Waals surface area contributed by atoms with Crippen LogP contribution in [-0.2, 0) is 34.0 Å². The molecule has 2 N–H and O–H groups in total. The lowest BCUT2D eigenvalue weighted by Gasteiger charge is -2.19. The number of methoxy groups -OCH3 is 1. The van der Waals surface area contributed by atoms with Gasteiger partial charge in [-0.05, 0) is 56.9 Å². The standard InChI is InChI=1S/C30H45Cl2N7O4Si/c1-7-24-28(21(2)37-39(24)20-43-17-18-44(4,5)6)22-11-12-27(33-19-22)36-29(40)23(9-8-10-26(31)32)35-30(41)25-13-14-34-38(25)15-16-42-3/h11-14,19,23,26H,7-10,15-18,20H2,1-6H3,(H,35,41)(H,33,36,40). The summed E-state index contributed by atoms with van der Waals surface area (Å²) in [6.07, 6.45) is 5.41. The third-order valence-electron chi connectivity index (χ3n) is 7.07. The Balaban J connectivity index is 1.71. The highest BCUT2D eigenvalue weighted by molar-refractivity contribution is 6.76. The van der Waals surface area contributed by atoms with E-state index in [0.29, 0.717) is 50.7 Å². The SMILES string of the molecule is CCc1c(-c2ccc(NC(=O)C(CCCC(Cl)Cl)NC(=O)c3ccnn3CCOC)nc2)c(C)nn1COCC[Si](C)(C)C. The zero-order valence-corrected chi connectivity index (χ0v) is 29.0. The molecule has 44 heavy (non-hydrogen) atoms. The summed E-state index contributed by atoms with van der Waals surface area (Å²) in [4.78, 5) is 30.4. The topological polar surface area (TPSA) is 125 Å². The maximum absolute atomic E-state index is 13.4. The number of nitrogens with zero attached hydrogens (tertiary/aromatic N) is 5. The molecule has 242 valence electrons. The summed E-state index contributed by atoms with van der Waals surface area (Å²) < 4.78 is 14.5. The van der Waals surface area contributed by atoms with Gasteiger partial charge in [0.15, 0.2) is 0 Å². The summed E-state index contributed by atoms with van der Waals surface area (Å²) in [5.74, 6) is -0.441. The van der Waals surface area contributed by atoms with Crippen molar-refractivity contribution >= 4 is 48.9 Å². The van der Waals surface area contributed by atoms with Gasteiger partial charge < -0.3 is 20.1 Å². The van der Waals surface area contributed by atoms with Crippen LogP contribution >= 0.6 is 23.2 Å². The second kappa shape index (κ2) is 17.1. The van der Waals surface area contributed by atoms with Crippen LogP contribution in [0.15, 0.2) is 30.6 Å². The van der Waals surface area contributed by atoms with E-state index in [1.165, 1.54) is 10.9 Å². The smallest absolute Gasteiger partial charge is 0.270 e. The predicted octanol–water partition coefficient (Wildman–Crippen LogP) is 5.68. The Morgan fingerprint density at radius 1 is 1.09 bits per heavy atom. The van der Waals surface area contributed by atoms with Crippen molar-refractivity contribution in [3.05, 3.63) is 47.7 Å². The molecule has 3 aromatic heterocycles. The number of halogens is 2. The molecule has 1 atom stereocenters. The lowest BCUT2D eigenvalue weighted by molar-refractivity contribution is -0.118. The van der Waals surface area contributed by atoms with E-state index < -0.39 is 30.8 Å². The first-order valence-electron chi connectivity index (χ1n) is 14.9. The Morgan fingerprint density at radius 2 is 1.86 bits per heavy atom. The number of aromatic nitrogens is 5. The van der Waals surface area contributed by atoms with Gasteiger partial charge in [0.25, 0.3) is 5.91 Å². The molecule has 1 unspecified atom stereocenters. The van der Waals surface area contributed by atoms with Crippen molar-refractivity contribution < 1.29 is 19.1 Å². The number of hydrogen-bond donors (Lipinski definition) is 2. The molecule has 11 nitrogen and oxygen atoms in total. The molecule has 14 heteroatoms. The van der Waals surface area contributed by atoms with E-state index in [0.717, 1.165) is 41.6 Å². The van der Waals surface area contributed by atoms with Gasteiger partial charge in [-0.3, -0.25) is 14.3 Å². The first-order valence-corrected chi connectivity index (χ1v) is 19.5. The monoisotopic (exact) mass is 665 g/mol. The fourth-order valence-electron chi connectivity index (χ4n) is 4.69. The van der Waals surface area contributed by atoms with Gasteiger partial charge in [0.05, 0.1) is 18.8 Å². The maximum atomic E-state index is 13.4. The van der Waals surface area contributed by atoms with Gasteiger partial charge in [0.2, 0.25) is 5.91 Å². The Hall–Kier alpha value is -2.77. The molecule has 2 amide bonds. The Morgan fingerprint density at radius 3 is 2.50 bits per heavy atom. The maximum Gasteiger partial charge on any atom is 0.270 e. The molecule has 0 aliphatic heterocycles. The quantitative estimate of drug-likeness (QED) is 0.102. The molecule has 0 radical (unpaired) electrons. The van der Waals surface area contributed by atoms with Crippen LogP contribution in [0.2, 0.25) is 25.7 Å². The predicted molar refractivity (Wildman–Crippen MR) is 177 cm³/mol. The number of carbonyl (C=O) groups is 2. The van der Waals surface area contributed by atoms with Gasteiger partial charge >= 0.3 is 0 Å². The van der Waals surface area contributed by atoms with E-state index in [-0.39, 0.29) is 0 Å². The van der Waals surface area contributed by atoms with Gasteiger partial charge in [-0.15, -0.1) is 23.2 Å². The zero-order valence-electron chi connectivity index (χ0n) is 26.5. The van der Waals surface area contributed by atoms with Crippen molar-refractivity contribution in [1.82, 2.24) is 29.9 Å². The van der Waals surface area contributed by atoms with Crippen molar-refractivity contribution in [2.45, 2.75) is 89.4 Å². The summed E-state index contributed by atoms with van der Waals surface area (Å²) in [5.41, 5.74) is 4.20. The van der Waals surface area contributed by atoms with Crippen LogP contribution in [0, 0.1) is 6.92 Å². The lowest BCUT2D eigenvalue weighted by Crippen LogP contribution is -2.44. The highest BCUT2D eigenvalue weighted by Gasteiger charge is 2.24. The molecular weight excluding hydrogens is 621 g/mol. The fraction of sp³-hybridized carbons (Fsp3) is 0.567. The van der Waals surface area contributed by atoms with Crippen LogP contribution in [0.25, 0.3) is 11.1 Å². The molecule has 3 rings (SSSR count). The number of alkyl halides is 2. The highest BCUT2D eigenvalue weighted by atomic mass is 35.5. The number of pyridine rings is 1. The van der Waals surface area contributed by atoms with Gasteiger partial charge in [-0.2, -0.15) is 10.2 Å². The number of anilines is 1. The van der Waals surface area contributed by atoms with E-state index in [1.54, 1.807) is 25.4 Å². The second-order valence-corrected chi connectivity index (χ2v) is 18.7. The van der Waals surface area contributed by atoms with E-state index in [2.05, 4.69) is 47.3 Å². The minimum absolute atomic E-state index is 0.332. The Labute approximate surface area is 271 Å². The van der Waals surface area contributed by atoms with Crippen LogP contribution in [0.4, 0.5) is 5.82 Å². The highest BCUT2D eigenvalue weighted by Crippen LogP contribution is 2.28. The summed E-state index contributed by atoms with van der Waals surface area (Å²) in [7, 11) is 0.406. The van der Waals surface area contributed by atoms with E-state index in [4.69, 9.17) is 37.8 Å². The molecule has 3 aromatic rings. The fourth-order valence-corrected chi connectivity index (χ4v) is 5.75. The van der Waals surface area contributed by atoms with Crippen LogP contribution in [0.3, 0.4) is 0 Å². The molecule has 3 heterocycles. The van der Waals surface area contributed by atoms with Crippen LogP contribution < -0.4 is 10.6 Å². The summed E-state index contributed by atoms with van der Waals surface area (Å²) in [6, 6.07) is 5.52. The Kier molecular flexibility index (Phi) is 13.8. The molecule has 0 aromatic carbocycles. The number of amides is 2. The van der Waals surface area contributed by atoms with E-state index >= 15 is 0 Å². The molecule has 0 fully saturated rings. The summed E-state index contributed by atoms with van der Waals surface area (Å²) >= 11 is 11.8. The van der Waals surface area contributed by atoms with Crippen molar-refractivity contribution in [2.24, 2.45) is 0 Å². The van der Waals surface area contributed by atoms with E-state index in [9.17, 15) is 9.59 Å². The number of aryl methyl sites for hydroxylation is 1. The first-order chi connectivity index (χ1) is 20.9. The minimum atomic E-state index is -1.17. The Bertz CT molecular complexity index is 1360. The molecule has 0 aliphatic rings. The van der Waals surface area contributed by atoms with Gasteiger partial charge in [-0.1, -0.05) is 26.6 Å². The number of rotatable bonds is 18. The molecule has 0 aliphatic carbocycles. The minimum Gasteiger partial charge on any atom is -0.383 e. The van der Waals surface area contributed by atoms with Gasteiger partial charge in [-0.25, -0.2) is 9.67 Å². The average Bonchev–Trinajstić information content (AvgIpc) is 3.57. The van der Waals surface area contributed by atoms with Crippen molar-refractivity contribution in [3.63, 3.8) is 0 Å². The molecule has 0 spiro atoms. The number of ether oxygens (including phenoxy) is 2. The zero-order chi connectivity index (χ0) is 32.3. The summed E-state index contributed by atoms with van der Waals surface area (Å²) in [6.45, 7) is 13.0. The number of nitrogens with one attached hydrogen (secondary N) is 2. The first kappa shape index (κ1) is 35.7. The van der Waals surface area contributed by atoms with Crippen LogP contribution in [-0.4, -0.2) is 75.6 Å².